The minimum absolute atomic E-state index is 0.221. The first-order chi connectivity index (χ1) is 11.5. The molecule has 0 atom stereocenters. The molecule has 0 aliphatic heterocycles. The lowest BCUT2D eigenvalue weighted by molar-refractivity contribution is -0.158. The van der Waals surface area contributed by atoms with Gasteiger partial charge in [0.2, 0.25) is 0 Å². The number of esters is 1. The number of thiophene rings is 1. The molecule has 128 valence electrons. The molecule has 0 saturated carbocycles. The molecule has 2 aromatic rings. The largest absolute Gasteiger partial charge is 0.477 e. The second kappa shape index (κ2) is 8.11. The van der Waals surface area contributed by atoms with E-state index >= 15 is 0 Å². The summed E-state index contributed by atoms with van der Waals surface area (Å²) >= 11 is 1.22. The Morgan fingerprint density at radius 1 is 1.08 bits per heavy atom. The van der Waals surface area contributed by atoms with Gasteiger partial charge in [0.25, 0.3) is 0 Å². The Kier molecular flexibility index (Phi) is 6.15. The van der Waals surface area contributed by atoms with Gasteiger partial charge < -0.3 is 9.84 Å². The summed E-state index contributed by atoms with van der Waals surface area (Å²) in [6, 6.07) is 13.0. The molecule has 2 rings (SSSR count). The van der Waals surface area contributed by atoms with Crippen LogP contribution in [0.25, 0.3) is 0 Å². The van der Waals surface area contributed by atoms with Crippen molar-refractivity contribution in [1.82, 2.24) is 0 Å². The molecule has 0 aliphatic carbocycles. The maximum Gasteiger partial charge on any atom is 0.345 e. The lowest BCUT2D eigenvalue weighted by Gasteiger charge is -2.28. The van der Waals surface area contributed by atoms with Gasteiger partial charge in [-0.25, -0.2) is 4.79 Å². The van der Waals surface area contributed by atoms with Crippen molar-refractivity contribution in [2.45, 2.75) is 39.7 Å². The normalized spacial score (nSPS) is 11.2. The van der Waals surface area contributed by atoms with Crippen molar-refractivity contribution in [3.8, 4) is 0 Å². The van der Waals surface area contributed by atoms with Crippen LogP contribution in [0.1, 0.15) is 46.8 Å². The van der Waals surface area contributed by atoms with Gasteiger partial charge in [-0.05, 0) is 37.0 Å². The molecular formula is C19H22O4S. The van der Waals surface area contributed by atoms with Gasteiger partial charge in [-0.15, -0.1) is 11.3 Å². The Morgan fingerprint density at radius 2 is 1.75 bits per heavy atom. The van der Waals surface area contributed by atoms with Crippen molar-refractivity contribution in [2.75, 3.05) is 0 Å². The molecule has 1 N–H and O–H groups in total. The van der Waals surface area contributed by atoms with E-state index < -0.39 is 11.4 Å². The zero-order chi connectivity index (χ0) is 17.6. The molecule has 0 fully saturated rings. The highest BCUT2D eigenvalue weighted by Gasteiger charge is 2.37. The lowest BCUT2D eigenvalue weighted by atomic mass is 9.79. The number of aromatic carboxylic acids is 1. The molecule has 4 nitrogen and oxygen atoms in total. The van der Waals surface area contributed by atoms with Crippen molar-refractivity contribution in [3.63, 3.8) is 0 Å². The number of ether oxygens (including phenoxy) is 1. The van der Waals surface area contributed by atoms with E-state index in [0.29, 0.717) is 24.1 Å². The second-order valence-corrected chi connectivity index (χ2v) is 6.97. The van der Waals surface area contributed by atoms with Gasteiger partial charge >= 0.3 is 11.9 Å². The molecular weight excluding hydrogens is 324 g/mol. The summed E-state index contributed by atoms with van der Waals surface area (Å²) in [6.45, 7) is 4.20. The van der Waals surface area contributed by atoms with Gasteiger partial charge in [0.05, 0.1) is 5.41 Å². The minimum atomic E-state index is -0.934. The summed E-state index contributed by atoms with van der Waals surface area (Å²) in [7, 11) is 0. The number of carboxylic acids is 1. The maximum absolute atomic E-state index is 12.7. The van der Waals surface area contributed by atoms with Crippen LogP contribution in [0.15, 0.2) is 42.5 Å². The predicted molar refractivity (Wildman–Crippen MR) is 94.2 cm³/mol. The average Bonchev–Trinajstić information content (AvgIpc) is 3.07. The van der Waals surface area contributed by atoms with Crippen molar-refractivity contribution >= 4 is 23.3 Å². The SMILES string of the molecule is CCC(CC)(Cc1ccc(C(=O)O)s1)C(=O)OCc1ccccc1. The Hall–Kier alpha value is -2.14. The first-order valence-corrected chi connectivity index (χ1v) is 8.85. The van der Waals surface area contributed by atoms with Crippen LogP contribution in [-0.2, 0) is 22.6 Å². The molecule has 0 amide bonds. The summed E-state index contributed by atoms with van der Waals surface area (Å²) < 4.78 is 5.55. The van der Waals surface area contributed by atoms with Crippen LogP contribution in [0.4, 0.5) is 0 Å². The van der Waals surface area contributed by atoms with Crippen molar-refractivity contribution in [3.05, 3.63) is 57.8 Å². The second-order valence-electron chi connectivity index (χ2n) is 5.80. The third kappa shape index (κ3) is 4.23. The molecule has 0 bridgehead atoms. The smallest absolute Gasteiger partial charge is 0.345 e. The zero-order valence-electron chi connectivity index (χ0n) is 14.0. The third-order valence-electron chi connectivity index (χ3n) is 4.38. The first kappa shape index (κ1) is 18.2. The van der Waals surface area contributed by atoms with Gasteiger partial charge in [0, 0.05) is 4.88 Å². The van der Waals surface area contributed by atoms with Crippen molar-refractivity contribution in [2.24, 2.45) is 5.41 Å². The fourth-order valence-corrected chi connectivity index (χ4v) is 3.65. The molecule has 24 heavy (non-hydrogen) atoms. The molecule has 0 saturated heterocycles. The van der Waals surface area contributed by atoms with Crippen molar-refractivity contribution in [1.29, 1.82) is 0 Å². The Balaban J connectivity index is 2.10. The Labute approximate surface area is 146 Å². The highest BCUT2D eigenvalue weighted by Crippen LogP contribution is 2.35. The number of hydrogen-bond donors (Lipinski definition) is 1. The highest BCUT2D eigenvalue weighted by molar-refractivity contribution is 7.13. The topological polar surface area (TPSA) is 63.6 Å². The molecule has 1 heterocycles. The number of hydrogen-bond acceptors (Lipinski definition) is 4. The molecule has 0 unspecified atom stereocenters. The van der Waals surface area contributed by atoms with E-state index in [0.717, 1.165) is 10.4 Å². The zero-order valence-corrected chi connectivity index (χ0v) is 14.8. The van der Waals surface area contributed by atoms with E-state index in [4.69, 9.17) is 9.84 Å². The van der Waals surface area contributed by atoms with Crippen LogP contribution >= 0.6 is 11.3 Å². The Morgan fingerprint density at radius 3 is 2.29 bits per heavy atom. The van der Waals surface area contributed by atoms with Crippen LogP contribution < -0.4 is 0 Å². The van der Waals surface area contributed by atoms with Gasteiger partial charge in [-0.2, -0.15) is 0 Å². The fraction of sp³-hybridized carbons (Fsp3) is 0.368. The monoisotopic (exact) mass is 346 g/mol. The lowest BCUT2D eigenvalue weighted by Crippen LogP contribution is -2.33. The van der Waals surface area contributed by atoms with E-state index in [1.54, 1.807) is 12.1 Å². The maximum atomic E-state index is 12.7. The molecule has 1 aromatic carbocycles. The van der Waals surface area contributed by atoms with Crippen LogP contribution in [0.3, 0.4) is 0 Å². The molecule has 0 radical (unpaired) electrons. The van der Waals surface area contributed by atoms with Gasteiger partial charge in [-0.3, -0.25) is 4.79 Å². The van der Waals surface area contributed by atoms with Gasteiger partial charge in [0.1, 0.15) is 11.5 Å². The highest BCUT2D eigenvalue weighted by atomic mass is 32.1. The standard InChI is InChI=1S/C19H22O4S/c1-3-19(4-2,12-15-10-11-16(24-15)17(20)21)18(22)23-13-14-8-6-5-7-9-14/h5-11H,3-4,12-13H2,1-2H3,(H,20,21). The van der Waals surface area contributed by atoms with E-state index in [9.17, 15) is 9.59 Å². The first-order valence-electron chi connectivity index (χ1n) is 8.04. The molecule has 1 aromatic heterocycles. The summed E-state index contributed by atoms with van der Waals surface area (Å²) in [5, 5.41) is 9.05. The molecule has 0 aliphatic rings. The predicted octanol–water partition coefficient (Wildman–Crippen LogP) is 4.54. The van der Waals surface area contributed by atoms with E-state index in [1.165, 1.54) is 11.3 Å². The third-order valence-corrected chi connectivity index (χ3v) is 5.46. The van der Waals surface area contributed by atoms with E-state index in [2.05, 4.69) is 0 Å². The Bertz CT molecular complexity index is 686. The number of carbonyl (C=O) groups is 2. The van der Waals surface area contributed by atoms with Crippen LogP contribution in [0.2, 0.25) is 0 Å². The summed E-state index contributed by atoms with van der Waals surface area (Å²) in [6.07, 6.45) is 1.81. The van der Waals surface area contributed by atoms with Crippen LogP contribution in [0, 0.1) is 5.41 Å². The van der Waals surface area contributed by atoms with Crippen molar-refractivity contribution < 1.29 is 19.4 Å². The van der Waals surface area contributed by atoms with E-state index in [1.807, 2.05) is 44.2 Å². The summed E-state index contributed by atoms with van der Waals surface area (Å²) in [4.78, 5) is 24.9. The quantitative estimate of drug-likeness (QED) is 0.713. The number of benzene rings is 1. The van der Waals surface area contributed by atoms with Gasteiger partial charge in [-0.1, -0.05) is 44.2 Å². The summed E-state index contributed by atoms with van der Waals surface area (Å²) in [5.41, 5.74) is 0.339. The minimum Gasteiger partial charge on any atom is -0.477 e. The van der Waals surface area contributed by atoms with Crippen LogP contribution in [-0.4, -0.2) is 17.0 Å². The number of carbonyl (C=O) groups excluding carboxylic acids is 1. The number of carboxylic acid groups (broad SMARTS) is 1. The average molecular weight is 346 g/mol. The molecule has 5 heteroatoms. The summed E-state index contributed by atoms with van der Waals surface area (Å²) in [5.74, 6) is -1.15. The van der Waals surface area contributed by atoms with E-state index in [-0.39, 0.29) is 12.6 Å². The molecule has 0 spiro atoms. The number of rotatable bonds is 8. The van der Waals surface area contributed by atoms with Crippen LogP contribution in [0.5, 0.6) is 0 Å². The van der Waals surface area contributed by atoms with Gasteiger partial charge in [0.15, 0.2) is 0 Å². The fourth-order valence-electron chi connectivity index (χ4n) is 2.66.